The van der Waals surface area contributed by atoms with Crippen LogP contribution in [-0.2, 0) is 16.1 Å². The van der Waals surface area contributed by atoms with Crippen LogP contribution in [0, 0.1) is 6.92 Å². The molecule has 0 bridgehead atoms. The minimum absolute atomic E-state index is 0.121. The average Bonchev–Trinajstić information content (AvgIpc) is 2.50. The summed E-state index contributed by atoms with van der Waals surface area (Å²) in [7, 11) is 0. The van der Waals surface area contributed by atoms with Crippen molar-refractivity contribution in [2.75, 3.05) is 13.2 Å². The molecule has 0 radical (unpaired) electrons. The number of aromatic nitrogens is 1. The van der Waals surface area contributed by atoms with Gasteiger partial charge in [0.2, 0.25) is 0 Å². The number of para-hydroxylation sites is 1. The number of halogens is 1. The second-order valence-electron chi connectivity index (χ2n) is 4.66. The molecule has 0 amide bonds. The smallest absolute Gasteiger partial charge is 0.326 e. The predicted octanol–water partition coefficient (Wildman–Crippen LogP) is 2.54. The highest BCUT2D eigenvalue weighted by molar-refractivity contribution is 9.10. The van der Waals surface area contributed by atoms with Gasteiger partial charge in [0.25, 0.3) is 5.56 Å². The van der Waals surface area contributed by atoms with Gasteiger partial charge in [-0.15, -0.1) is 0 Å². The molecule has 0 spiro atoms. The van der Waals surface area contributed by atoms with E-state index in [0.29, 0.717) is 5.56 Å². The minimum Gasteiger partial charge on any atom is -0.490 e. The number of pyridine rings is 1. The van der Waals surface area contributed by atoms with Crippen LogP contribution in [0.3, 0.4) is 0 Å². The lowest BCUT2D eigenvalue weighted by Crippen LogP contribution is -2.27. The standard InChI is InChI=1S/C16H16BrNO4/c1-12-9-13(17)10-18(16(12)20)11-15(19)22-8-7-21-14-5-3-2-4-6-14/h2-6,9-10H,7-8,11H2,1H3. The van der Waals surface area contributed by atoms with E-state index in [4.69, 9.17) is 9.47 Å². The normalized spacial score (nSPS) is 10.3. The van der Waals surface area contributed by atoms with Crippen molar-refractivity contribution < 1.29 is 14.3 Å². The lowest BCUT2D eigenvalue weighted by Gasteiger charge is -2.09. The van der Waals surface area contributed by atoms with Gasteiger partial charge in [-0.3, -0.25) is 9.59 Å². The van der Waals surface area contributed by atoms with E-state index in [1.807, 2.05) is 30.3 Å². The van der Waals surface area contributed by atoms with E-state index in [2.05, 4.69) is 15.9 Å². The summed E-state index contributed by atoms with van der Waals surface area (Å²) in [6.45, 7) is 1.98. The lowest BCUT2D eigenvalue weighted by molar-refractivity contribution is -0.145. The highest BCUT2D eigenvalue weighted by atomic mass is 79.9. The van der Waals surface area contributed by atoms with Crippen molar-refractivity contribution in [3.63, 3.8) is 0 Å². The molecule has 6 heteroatoms. The first-order valence-electron chi connectivity index (χ1n) is 6.76. The monoisotopic (exact) mass is 365 g/mol. The number of carbonyl (C=O) groups is 1. The number of nitrogens with zero attached hydrogens (tertiary/aromatic N) is 1. The Balaban J connectivity index is 1.80. The van der Waals surface area contributed by atoms with Gasteiger partial charge in [-0.1, -0.05) is 18.2 Å². The summed E-state index contributed by atoms with van der Waals surface area (Å²) in [5, 5.41) is 0. The van der Waals surface area contributed by atoms with Crippen molar-refractivity contribution in [3.8, 4) is 5.75 Å². The van der Waals surface area contributed by atoms with Gasteiger partial charge in [0.05, 0.1) is 0 Å². The van der Waals surface area contributed by atoms with Crippen LogP contribution >= 0.6 is 15.9 Å². The number of carbonyl (C=O) groups excluding carboxylic acids is 1. The Morgan fingerprint density at radius 1 is 1.23 bits per heavy atom. The number of rotatable bonds is 6. The molecule has 0 saturated heterocycles. The molecular formula is C16H16BrNO4. The molecular weight excluding hydrogens is 350 g/mol. The fraction of sp³-hybridized carbons (Fsp3) is 0.250. The Morgan fingerprint density at radius 3 is 2.68 bits per heavy atom. The maximum Gasteiger partial charge on any atom is 0.326 e. The van der Waals surface area contributed by atoms with Crippen molar-refractivity contribution in [3.05, 3.63) is 63.0 Å². The van der Waals surface area contributed by atoms with Crippen LogP contribution in [0.1, 0.15) is 5.56 Å². The van der Waals surface area contributed by atoms with E-state index in [0.717, 1.165) is 10.2 Å². The molecule has 22 heavy (non-hydrogen) atoms. The fourth-order valence-electron chi connectivity index (χ4n) is 1.87. The predicted molar refractivity (Wildman–Crippen MR) is 86.0 cm³/mol. The molecule has 0 saturated carbocycles. The molecule has 1 heterocycles. The first kappa shape index (κ1) is 16.3. The van der Waals surface area contributed by atoms with E-state index >= 15 is 0 Å². The van der Waals surface area contributed by atoms with Crippen molar-refractivity contribution in [2.24, 2.45) is 0 Å². The van der Waals surface area contributed by atoms with Gasteiger partial charge in [-0.05, 0) is 41.1 Å². The molecule has 0 N–H and O–H groups in total. The molecule has 1 aromatic heterocycles. The van der Waals surface area contributed by atoms with Gasteiger partial charge in [0.1, 0.15) is 25.5 Å². The number of esters is 1. The van der Waals surface area contributed by atoms with Gasteiger partial charge in [0.15, 0.2) is 0 Å². The second-order valence-corrected chi connectivity index (χ2v) is 5.57. The number of ether oxygens (including phenoxy) is 2. The van der Waals surface area contributed by atoms with Crippen molar-refractivity contribution >= 4 is 21.9 Å². The maximum atomic E-state index is 11.9. The van der Waals surface area contributed by atoms with E-state index in [1.165, 1.54) is 4.57 Å². The number of hydrogen-bond donors (Lipinski definition) is 0. The van der Waals surface area contributed by atoms with Gasteiger partial charge in [-0.25, -0.2) is 0 Å². The van der Waals surface area contributed by atoms with E-state index in [-0.39, 0.29) is 25.3 Å². The molecule has 2 aromatic rings. The summed E-state index contributed by atoms with van der Waals surface area (Å²) in [5.74, 6) is 0.244. The molecule has 116 valence electrons. The summed E-state index contributed by atoms with van der Waals surface area (Å²) in [6, 6.07) is 11.0. The summed E-state index contributed by atoms with van der Waals surface area (Å²) in [6.07, 6.45) is 1.57. The van der Waals surface area contributed by atoms with Crippen molar-refractivity contribution in [1.82, 2.24) is 4.57 Å². The quantitative estimate of drug-likeness (QED) is 0.583. The minimum atomic E-state index is -0.476. The Morgan fingerprint density at radius 2 is 1.95 bits per heavy atom. The van der Waals surface area contributed by atoms with E-state index in [9.17, 15) is 9.59 Å². The van der Waals surface area contributed by atoms with Crippen LogP contribution in [0.4, 0.5) is 0 Å². The first-order valence-corrected chi connectivity index (χ1v) is 7.55. The topological polar surface area (TPSA) is 57.5 Å². The van der Waals surface area contributed by atoms with Gasteiger partial charge in [0, 0.05) is 16.2 Å². The molecule has 0 aliphatic heterocycles. The third-order valence-electron chi connectivity index (χ3n) is 2.89. The van der Waals surface area contributed by atoms with Crippen LogP contribution in [0.15, 0.2) is 51.9 Å². The van der Waals surface area contributed by atoms with Crippen LogP contribution in [-0.4, -0.2) is 23.8 Å². The highest BCUT2D eigenvalue weighted by Crippen LogP contribution is 2.09. The third-order valence-corrected chi connectivity index (χ3v) is 3.32. The Labute approximate surface area is 136 Å². The maximum absolute atomic E-state index is 11.9. The molecule has 2 rings (SSSR count). The zero-order valence-electron chi connectivity index (χ0n) is 12.1. The highest BCUT2D eigenvalue weighted by Gasteiger charge is 2.08. The van der Waals surface area contributed by atoms with Crippen LogP contribution in [0.2, 0.25) is 0 Å². The fourth-order valence-corrected chi connectivity index (χ4v) is 2.46. The van der Waals surface area contributed by atoms with Crippen LogP contribution < -0.4 is 10.3 Å². The molecule has 0 aliphatic carbocycles. The van der Waals surface area contributed by atoms with Gasteiger partial charge in [-0.2, -0.15) is 0 Å². The Hall–Kier alpha value is -2.08. The Kier molecular flexibility index (Phi) is 5.77. The largest absolute Gasteiger partial charge is 0.490 e. The number of aryl methyl sites for hydroxylation is 1. The number of benzene rings is 1. The van der Waals surface area contributed by atoms with E-state index in [1.54, 1.807) is 19.2 Å². The zero-order valence-corrected chi connectivity index (χ0v) is 13.7. The summed E-state index contributed by atoms with van der Waals surface area (Å²) < 4.78 is 12.5. The second kappa shape index (κ2) is 7.79. The average molecular weight is 366 g/mol. The first-order chi connectivity index (χ1) is 10.6. The molecule has 0 unspecified atom stereocenters. The lowest BCUT2D eigenvalue weighted by atomic mass is 10.3. The number of hydrogen-bond acceptors (Lipinski definition) is 4. The van der Waals surface area contributed by atoms with Gasteiger partial charge >= 0.3 is 5.97 Å². The van der Waals surface area contributed by atoms with Crippen LogP contribution in [0.5, 0.6) is 5.75 Å². The molecule has 0 fully saturated rings. The summed E-state index contributed by atoms with van der Waals surface area (Å²) >= 11 is 3.29. The molecule has 5 nitrogen and oxygen atoms in total. The zero-order chi connectivity index (χ0) is 15.9. The van der Waals surface area contributed by atoms with Crippen molar-refractivity contribution in [2.45, 2.75) is 13.5 Å². The third kappa shape index (κ3) is 4.73. The molecule has 0 aliphatic rings. The summed E-state index contributed by atoms with van der Waals surface area (Å²) in [4.78, 5) is 23.6. The summed E-state index contributed by atoms with van der Waals surface area (Å²) in [5.41, 5.74) is 0.357. The Bertz CT molecular complexity index is 697. The van der Waals surface area contributed by atoms with Crippen LogP contribution in [0.25, 0.3) is 0 Å². The molecule has 0 atom stereocenters. The SMILES string of the molecule is Cc1cc(Br)cn(CC(=O)OCCOc2ccccc2)c1=O. The van der Waals surface area contributed by atoms with Gasteiger partial charge < -0.3 is 14.0 Å². The van der Waals surface area contributed by atoms with E-state index < -0.39 is 5.97 Å². The van der Waals surface area contributed by atoms with Crippen molar-refractivity contribution in [1.29, 1.82) is 0 Å². The molecule has 1 aromatic carbocycles.